The van der Waals surface area contributed by atoms with Gasteiger partial charge < -0.3 is 9.15 Å². The second-order valence-electron chi connectivity index (χ2n) is 3.21. The Hall–Kier alpha value is -1.58. The van der Waals surface area contributed by atoms with Gasteiger partial charge in [-0.3, -0.25) is 4.79 Å². The Bertz CT molecular complexity index is 349. The van der Waals surface area contributed by atoms with Crippen molar-refractivity contribution in [2.45, 2.75) is 13.8 Å². The number of hydrogen-bond donors (Lipinski definition) is 0. The SMILES string of the molecule is COC(=O)c1cc(C(=O)C(C)C)co1. The highest BCUT2D eigenvalue weighted by molar-refractivity contribution is 5.99. The maximum Gasteiger partial charge on any atom is 0.373 e. The minimum absolute atomic E-state index is 0.0519. The number of carbonyl (C=O) groups is 2. The van der Waals surface area contributed by atoms with Gasteiger partial charge in [-0.1, -0.05) is 13.8 Å². The highest BCUT2D eigenvalue weighted by Crippen LogP contribution is 2.13. The third-order valence-corrected chi connectivity index (χ3v) is 1.79. The molecule has 0 aliphatic carbocycles. The van der Waals surface area contributed by atoms with Crippen LogP contribution in [-0.2, 0) is 4.74 Å². The zero-order chi connectivity index (χ0) is 10.7. The summed E-state index contributed by atoms with van der Waals surface area (Å²) in [4.78, 5) is 22.4. The average Bonchev–Trinajstić information content (AvgIpc) is 2.64. The minimum atomic E-state index is -0.576. The number of methoxy groups -OCH3 is 1. The average molecular weight is 196 g/mol. The van der Waals surface area contributed by atoms with Gasteiger partial charge in [-0.15, -0.1) is 0 Å². The number of carbonyl (C=O) groups excluding carboxylic acids is 2. The fraction of sp³-hybridized carbons (Fsp3) is 0.400. The van der Waals surface area contributed by atoms with Crippen LogP contribution in [0.1, 0.15) is 34.8 Å². The Labute approximate surface area is 81.9 Å². The molecule has 1 rings (SSSR count). The summed E-state index contributed by atoms with van der Waals surface area (Å²) in [6, 6.07) is 1.40. The molecule has 1 aromatic rings. The molecule has 0 aliphatic rings. The van der Waals surface area contributed by atoms with Crippen molar-refractivity contribution >= 4 is 11.8 Å². The number of ketones is 1. The third-order valence-electron chi connectivity index (χ3n) is 1.79. The Balaban J connectivity index is 2.88. The molecule has 4 heteroatoms. The van der Waals surface area contributed by atoms with E-state index in [1.54, 1.807) is 13.8 Å². The summed E-state index contributed by atoms with van der Waals surface area (Å²) in [5.41, 5.74) is 0.403. The maximum absolute atomic E-state index is 11.5. The molecule has 0 radical (unpaired) electrons. The van der Waals surface area contributed by atoms with Gasteiger partial charge in [0.1, 0.15) is 6.26 Å². The molecule has 0 saturated heterocycles. The van der Waals surface area contributed by atoms with Crippen LogP contribution in [0, 0.1) is 5.92 Å². The molecule has 0 saturated carbocycles. The molecule has 0 bridgehead atoms. The molecule has 0 aromatic carbocycles. The fourth-order valence-electron chi connectivity index (χ4n) is 1.01. The second-order valence-corrected chi connectivity index (χ2v) is 3.21. The molecule has 0 fully saturated rings. The van der Waals surface area contributed by atoms with Gasteiger partial charge in [0.25, 0.3) is 0 Å². The Morgan fingerprint density at radius 3 is 2.57 bits per heavy atom. The van der Waals surface area contributed by atoms with Crippen LogP contribution in [0.25, 0.3) is 0 Å². The van der Waals surface area contributed by atoms with E-state index in [-0.39, 0.29) is 17.5 Å². The van der Waals surface area contributed by atoms with E-state index in [0.717, 1.165) is 0 Å². The number of Topliss-reactive ketones (excluding diaryl/α,β-unsaturated/α-hetero) is 1. The lowest BCUT2D eigenvalue weighted by atomic mass is 10.0. The molecule has 1 heterocycles. The number of rotatable bonds is 3. The summed E-state index contributed by atoms with van der Waals surface area (Å²) in [6.07, 6.45) is 1.27. The number of hydrogen-bond acceptors (Lipinski definition) is 4. The largest absolute Gasteiger partial charge is 0.463 e. The molecule has 0 spiro atoms. The second kappa shape index (κ2) is 4.09. The number of ether oxygens (including phenoxy) is 1. The van der Waals surface area contributed by atoms with Crippen LogP contribution in [0.5, 0.6) is 0 Å². The van der Waals surface area contributed by atoms with Crippen molar-refractivity contribution in [3.05, 3.63) is 23.7 Å². The van der Waals surface area contributed by atoms with Crippen LogP contribution in [0.4, 0.5) is 0 Å². The van der Waals surface area contributed by atoms with Crippen molar-refractivity contribution in [1.29, 1.82) is 0 Å². The third kappa shape index (κ3) is 2.02. The molecule has 0 unspecified atom stereocenters. The number of furan rings is 1. The Morgan fingerprint density at radius 2 is 2.07 bits per heavy atom. The topological polar surface area (TPSA) is 56.5 Å². The molecule has 0 N–H and O–H groups in total. The van der Waals surface area contributed by atoms with Crippen LogP contribution >= 0.6 is 0 Å². The molecule has 4 nitrogen and oxygen atoms in total. The van der Waals surface area contributed by atoms with Gasteiger partial charge in [0.15, 0.2) is 5.78 Å². The minimum Gasteiger partial charge on any atom is -0.463 e. The monoisotopic (exact) mass is 196 g/mol. The van der Waals surface area contributed by atoms with Crippen LogP contribution in [-0.4, -0.2) is 18.9 Å². The lowest BCUT2D eigenvalue weighted by Gasteiger charge is -1.98. The van der Waals surface area contributed by atoms with E-state index in [9.17, 15) is 9.59 Å². The number of esters is 1. The lowest BCUT2D eigenvalue weighted by molar-refractivity contribution is 0.0565. The molecule has 76 valence electrons. The van der Waals surface area contributed by atoms with Gasteiger partial charge in [0.2, 0.25) is 5.76 Å². The van der Waals surface area contributed by atoms with Crippen molar-refractivity contribution in [1.82, 2.24) is 0 Å². The smallest absolute Gasteiger partial charge is 0.373 e. The zero-order valence-corrected chi connectivity index (χ0v) is 8.37. The molecule has 0 atom stereocenters. The summed E-state index contributed by atoms with van der Waals surface area (Å²) in [6.45, 7) is 3.57. The van der Waals surface area contributed by atoms with Gasteiger partial charge in [0, 0.05) is 12.0 Å². The van der Waals surface area contributed by atoms with Crippen molar-refractivity contribution in [2.75, 3.05) is 7.11 Å². The van der Waals surface area contributed by atoms with E-state index < -0.39 is 5.97 Å². The Morgan fingerprint density at radius 1 is 1.43 bits per heavy atom. The maximum atomic E-state index is 11.5. The van der Waals surface area contributed by atoms with E-state index in [1.807, 2.05) is 0 Å². The lowest BCUT2D eigenvalue weighted by Crippen LogP contribution is -2.06. The standard InChI is InChI=1S/C10H12O4/c1-6(2)9(11)7-4-8(14-5-7)10(12)13-3/h4-6H,1-3H3. The van der Waals surface area contributed by atoms with Crippen LogP contribution in [0.2, 0.25) is 0 Å². The van der Waals surface area contributed by atoms with Gasteiger partial charge >= 0.3 is 5.97 Å². The van der Waals surface area contributed by atoms with E-state index in [2.05, 4.69) is 4.74 Å². The van der Waals surface area contributed by atoms with Crippen molar-refractivity contribution < 1.29 is 18.7 Å². The molecular weight excluding hydrogens is 184 g/mol. The molecule has 0 amide bonds. The highest BCUT2D eigenvalue weighted by atomic mass is 16.5. The quantitative estimate of drug-likeness (QED) is 0.547. The first kappa shape index (κ1) is 10.5. The first-order valence-corrected chi connectivity index (χ1v) is 4.27. The van der Waals surface area contributed by atoms with Crippen LogP contribution in [0.15, 0.2) is 16.7 Å². The summed E-state index contributed by atoms with van der Waals surface area (Å²) < 4.78 is 9.34. The van der Waals surface area contributed by atoms with Gasteiger partial charge in [-0.05, 0) is 0 Å². The van der Waals surface area contributed by atoms with E-state index in [4.69, 9.17) is 4.42 Å². The van der Waals surface area contributed by atoms with Crippen LogP contribution in [0.3, 0.4) is 0 Å². The summed E-state index contributed by atoms with van der Waals surface area (Å²) in [7, 11) is 1.26. The summed E-state index contributed by atoms with van der Waals surface area (Å²) in [5.74, 6) is -0.689. The highest BCUT2D eigenvalue weighted by Gasteiger charge is 2.17. The zero-order valence-electron chi connectivity index (χ0n) is 8.37. The summed E-state index contributed by atoms with van der Waals surface area (Å²) >= 11 is 0. The first-order valence-electron chi connectivity index (χ1n) is 4.27. The molecule has 1 aromatic heterocycles. The summed E-state index contributed by atoms with van der Waals surface area (Å²) in [5, 5.41) is 0. The predicted octanol–water partition coefficient (Wildman–Crippen LogP) is 1.90. The predicted molar refractivity (Wildman–Crippen MR) is 49.2 cm³/mol. The van der Waals surface area contributed by atoms with E-state index in [0.29, 0.717) is 5.56 Å². The van der Waals surface area contributed by atoms with Gasteiger partial charge in [-0.2, -0.15) is 0 Å². The van der Waals surface area contributed by atoms with Gasteiger partial charge in [0.05, 0.1) is 12.7 Å². The molecule has 0 aliphatic heterocycles. The Kier molecular flexibility index (Phi) is 3.06. The van der Waals surface area contributed by atoms with E-state index >= 15 is 0 Å². The molecular formula is C10H12O4. The molecule has 14 heavy (non-hydrogen) atoms. The van der Waals surface area contributed by atoms with E-state index in [1.165, 1.54) is 19.4 Å². The van der Waals surface area contributed by atoms with Crippen molar-refractivity contribution in [2.24, 2.45) is 5.92 Å². The van der Waals surface area contributed by atoms with Gasteiger partial charge in [-0.25, -0.2) is 4.79 Å². The van der Waals surface area contributed by atoms with Crippen molar-refractivity contribution in [3.63, 3.8) is 0 Å². The van der Waals surface area contributed by atoms with Crippen molar-refractivity contribution in [3.8, 4) is 0 Å². The fourth-order valence-corrected chi connectivity index (χ4v) is 1.01. The normalized spacial score (nSPS) is 10.3. The first-order chi connectivity index (χ1) is 6.56. The van der Waals surface area contributed by atoms with Crippen LogP contribution < -0.4 is 0 Å².